The first-order valence-electron chi connectivity index (χ1n) is 12.3. The molecule has 1 N–H and O–H groups in total. The molecule has 4 rings (SSSR count). The summed E-state index contributed by atoms with van der Waals surface area (Å²) in [5, 5.41) is 0. The van der Waals surface area contributed by atoms with Crippen molar-refractivity contribution < 1.29 is 8.42 Å². The van der Waals surface area contributed by atoms with Gasteiger partial charge < -0.3 is 4.90 Å². The van der Waals surface area contributed by atoms with E-state index >= 15 is 0 Å². The van der Waals surface area contributed by atoms with E-state index in [-0.39, 0.29) is 6.04 Å². The highest BCUT2D eigenvalue weighted by molar-refractivity contribution is 7.89. The Labute approximate surface area is 204 Å². The first-order chi connectivity index (χ1) is 16.4. The van der Waals surface area contributed by atoms with Crippen molar-refractivity contribution >= 4 is 15.7 Å². The Balaban J connectivity index is 1.40. The lowest BCUT2D eigenvalue weighted by molar-refractivity contribution is 0.242. The van der Waals surface area contributed by atoms with Gasteiger partial charge >= 0.3 is 0 Å². The van der Waals surface area contributed by atoms with E-state index in [1.54, 1.807) is 24.3 Å². The van der Waals surface area contributed by atoms with Crippen molar-refractivity contribution in [2.45, 2.75) is 44.0 Å². The number of nitrogens with zero attached hydrogens (tertiary/aromatic N) is 3. The monoisotopic (exact) mass is 480 g/mol. The molecule has 2 aromatic rings. The summed E-state index contributed by atoms with van der Waals surface area (Å²) in [5.41, 5.74) is 4.95. The zero-order valence-corrected chi connectivity index (χ0v) is 21.1. The van der Waals surface area contributed by atoms with Crippen LogP contribution in [0.5, 0.6) is 0 Å². The number of nitrogens with one attached hydrogen (secondary N) is 1. The normalized spacial score (nSPS) is 19.2. The van der Waals surface area contributed by atoms with E-state index in [1.165, 1.54) is 17.0 Å². The summed E-state index contributed by atoms with van der Waals surface area (Å²) in [6, 6.07) is 18.2. The molecule has 2 aliphatic heterocycles. The predicted molar refractivity (Wildman–Crippen MR) is 138 cm³/mol. The van der Waals surface area contributed by atoms with Crippen LogP contribution in [-0.4, -0.2) is 63.2 Å². The molecule has 0 unspecified atom stereocenters. The van der Waals surface area contributed by atoms with Gasteiger partial charge in [-0.25, -0.2) is 13.1 Å². The minimum Gasteiger partial charge on any atom is -0.303 e. The molecule has 1 saturated heterocycles. The van der Waals surface area contributed by atoms with Crippen LogP contribution in [0.15, 0.2) is 81.8 Å². The summed E-state index contributed by atoms with van der Waals surface area (Å²) >= 11 is 0. The topological polar surface area (TPSA) is 65.0 Å². The van der Waals surface area contributed by atoms with Gasteiger partial charge in [0.15, 0.2) is 0 Å². The van der Waals surface area contributed by atoms with E-state index in [4.69, 9.17) is 4.99 Å². The molecule has 0 amide bonds. The van der Waals surface area contributed by atoms with Crippen LogP contribution in [0.3, 0.4) is 0 Å². The van der Waals surface area contributed by atoms with Crippen molar-refractivity contribution in [2.75, 3.05) is 39.3 Å². The van der Waals surface area contributed by atoms with Crippen LogP contribution in [-0.2, 0) is 10.0 Å². The number of aliphatic imine (C=N–C) groups is 1. The van der Waals surface area contributed by atoms with Crippen LogP contribution in [0.4, 0.5) is 0 Å². The maximum absolute atomic E-state index is 13.0. The fourth-order valence-electron chi connectivity index (χ4n) is 4.79. The van der Waals surface area contributed by atoms with Crippen LogP contribution in [0.25, 0.3) is 0 Å². The molecule has 0 aromatic heterocycles. The van der Waals surface area contributed by atoms with Gasteiger partial charge in [-0.15, -0.1) is 0 Å². The van der Waals surface area contributed by atoms with Gasteiger partial charge in [0.2, 0.25) is 10.0 Å². The minimum absolute atomic E-state index is 0.269. The van der Waals surface area contributed by atoms with Crippen LogP contribution >= 0.6 is 0 Å². The molecule has 182 valence electrons. The highest BCUT2D eigenvalue weighted by Crippen LogP contribution is 2.26. The van der Waals surface area contributed by atoms with Crippen molar-refractivity contribution in [2.24, 2.45) is 4.99 Å². The molecular weight excluding hydrogens is 444 g/mol. The van der Waals surface area contributed by atoms with Crippen molar-refractivity contribution in [3.8, 4) is 0 Å². The fraction of sp³-hybridized carbons (Fsp3) is 0.444. The second-order valence-corrected chi connectivity index (χ2v) is 10.9. The zero-order valence-electron chi connectivity index (χ0n) is 20.3. The third-order valence-corrected chi connectivity index (χ3v) is 8.24. The molecule has 0 aliphatic carbocycles. The summed E-state index contributed by atoms with van der Waals surface area (Å²) in [5.74, 6) is 0. The molecule has 0 bridgehead atoms. The van der Waals surface area contributed by atoms with Crippen molar-refractivity contribution in [3.63, 3.8) is 0 Å². The number of hydrogen-bond donors (Lipinski definition) is 1. The fourth-order valence-corrected chi connectivity index (χ4v) is 6.07. The third-order valence-electron chi connectivity index (χ3n) is 6.75. The molecule has 7 heteroatoms. The first kappa shape index (κ1) is 24.8. The van der Waals surface area contributed by atoms with E-state index in [2.05, 4.69) is 28.4 Å². The van der Waals surface area contributed by atoms with Gasteiger partial charge in [-0.05, 0) is 56.0 Å². The van der Waals surface area contributed by atoms with Crippen molar-refractivity contribution in [3.05, 3.63) is 77.5 Å². The Morgan fingerprint density at radius 2 is 1.59 bits per heavy atom. The molecular formula is C27H36N4O2S. The summed E-state index contributed by atoms with van der Waals surface area (Å²) in [7, 11) is -3.59. The summed E-state index contributed by atoms with van der Waals surface area (Å²) in [6.07, 6.45) is 2.80. The quantitative estimate of drug-likeness (QED) is 0.614. The lowest BCUT2D eigenvalue weighted by Crippen LogP contribution is -2.37. The van der Waals surface area contributed by atoms with E-state index in [0.29, 0.717) is 4.90 Å². The number of piperidine rings is 1. The van der Waals surface area contributed by atoms with Crippen LogP contribution < -0.4 is 4.72 Å². The maximum Gasteiger partial charge on any atom is 0.241 e. The average molecular weight is 481 g/mol. The lowest BCUT2D eigenvalue weighted by atomic mass is 9.99. The van der Waals surface area contributed by atoms with Crippen LogP contribution in [0.1, 0.15) is 44.7 Å². The van der Waals surface area contributed by atoms with Gasteiger partial charge in [0.05, 0.1) is 10.6 Å². The van der Waals surface area contributed by atoms with E-state index in [1.807, 2.05) is 36.4 Å². The Morgan fingerprint density at radius 3 is 2.24 bits per heavy atom. The second-order valence-electron chi connectivity index (χ2n) is 9.23. The molecule has 34 heavy (non-hydrogen) atoms. The molecule has 2 aliphatic rings. The summed E-state index contributed by atoms with van der Waals surface area (Å²) in [4.78, 5) is 10.1. The first-order valence-corrected chi connectivity index (χ1v) is 13.7. The second kappa shape index (κ2) is 11.4. The molecule has 0 radical (unpaired) electrons. The Bertz CT molecular complexity index is 1100. The number of likely N-dealkylation sites (tertiary alicyclic amines) is 1. The Kier molecular flexibility index (Phi) is 8.32. The number of sulfonamides is 1. The van der Waals surface area contributed by atoms with Gasteiger partial charge in [-0.3, -0.25) is 9.89 Å². The van der Waals surface area contributed by atoms with E-state index in [0.717, 1.165) is 64.1 Å². The molecule has 0 spiro atoms. The predicted octanol–water partition coefficient (Wildman–Crippen LogP) is 4.24. The standard InChI is InChI=1S/C27H36N4O2S/c1-3-30-20-22(2)28-27(21-30)24-14-17-31(18-15-24)19-16-26(23-10-6-4-7-11-23)29-34(32,33)25-12-8-5-9-13-25/h4-13,26,29H,3,14-21H2,1-2H3/t26-/m1/s1. The average Bonchev–Trinajstić information content (AvgIpc) is 2.87. The van der Waals surface area contributed by atoms with Crippen molar-refractivity contribution in [1.82, 2.24) is 14.5 Å². The lowest BCUT2D eigenvalue weighted by Gasteiger charge is -2.33. The number of benzene rings is 2. The van der Waals surface area contributed by atoms with Gasteiger partial charge in [0, 0.05) is 44.5 Å². The molecule has 2 heterocycles. The van der Waals surface area contributed by atoms with Gasteiger partial charge in [-0.2, -0.15) is 0 Å². The molecule has 1 atom stereocenters. The molecule has 2 aromatic carbocycles. The van der Waals surface area contributed by atoms with Gasteiger partial charge in [0.1, 0.15) is 0 Å². The maximum atomic E-state index is 13.0. The summed E-state index contributed by atoms with van der Waals surface area (Å²) in [6.45, 7) is 10.1. The van der Waals surface area contributed by atoms with Crippen LogP contribution in [0.2, 0.25) is 0 Å². The van der Waals surface area contributed by atoms with E-state index < -0.39 is 10.0 Å². The smallest absolute Gasteiger partial charge is 0.241 e. The highest BCUT2D eigenvalue weighted by atomic mass is 32.2. The zero-order chi connectivity index (χ0) is 24.0. The minimum atomic E-state index is -3.59. The molecule has 1 fully saturated rings. The number of hydrogen-bond acceptors (Lipinski definition) is 5. The Hall–Kier alpha value is -2.32. The van der Waals surface area contributed by atoms with Gasteiger partial charge in [-0.1, -0.05) is 55.5 Å². The third kappa shape index (κ3) is 6.42. The molecule has 0 saturated carbocycles. The number of likely N-dealkylation sites (N-methyl/N-ethyl adjacent to an activating group) is 1. The van der Waals surface area contributed by atoms with Crippen molar-refractivity contribution in [1.29, 1.82) is 0 Å². The van der Waals surface area contributed by atoms with E-state index in [9.17, 15) is 8.42 Å². The summed E-state index contributed by atoms with van der Waals surface area (Å²) < 4.78 is 29.0. The SMILES string of the molecule is CCN1CC(C)=NC(=C2CCN(CC[C@@H](NS(=O)(=O)c3ccccc3)c3ccccc3)CC2)C1. The highest BCUT2D eigenvalue weighted by Gasteiger charge is 2.24. The number of rotatable bonds is 8. The molecule has 6 nitrogen and oxygen atoms in total. The largest absolute Gasteiger partial charge is 0.303 e. The Morgan fingerprint density at radius 1 is 0.941 bits per heavy atom. The van der Waals surface area contributed by atoms with Crippen LogP contribution in [0, 0.1) is 0 Å². The van der Waals surface area contributed by atoms with Gasteiger partial charge in [0.25, 0.3) is 0 Å².